The van der Waals surface area contributed by atoms with Crippen LogP contribution in [0, 0.1) is 0 Å². The Morgan fingerprint density at radius 3 is 2.36 bits per heavy atom. The van der Waals surface area contributed by atoms with Crippen molar-refractivity contribution in [1.82, 2.24) is 34.8 Å². The lowest BCUT2D eigenvalue weighted by Gasteiger charge is -2.38. The van der Waals surface area contributed by atoms with Crippen LogP contribution in [0.3, 0.4) is 0 Å². The lowest BCUT2D eigenvalue weighted by molar-refractivity contribution is 0.111. The second-order valence-corrected chi connectivity index (χ2v) is 12.6. The van der Waals surface area contributed by atoms with Gasteiger partial charge in [0, 0.05) is 47.1 Å². The summed E-state index contributed by atoms with van der Waals surface area (Å²) in [5.41, 5.74) is 10.8. The first-order chi connectivity index (χ1) is 19.8. The summed E-state index contributed by atoms with van der Waals surface area (Å²) in [5, 5.41) is 11.3. The number of aromatic amines is 1. The van der Waals surface area contributed by atoms with Gasteiger partial charge >= 0.3 is 0 Å². The number of carbonyl (C=O) groups is 1. The summed E-state index contributed by atoms with van der Waals surface area (Å²) in [5.74, 6) is 0.581. The van der Waals surface area contributed by atoms with Gasteiger partial charge in [-0.15, -0.1) is 17.5 Å². The molecule has 216 valence electrons. The molecule has 2 aliphatic rings. The number of aromatic nitrogens is 7. The van der Waals surface area contributed by atoms with Crippen molar-refractivity contribution in [1.29, 1.82) is 0 Å². The predicted octanol–water partition coefficient (Wildman–Crippen LogP) is 3.71. The summed E-state index contributed by atoms with van der Waals surface area (Å²) >= 11 is 0. The van der Waals surface area contributed by atoms with E-state index < -0.39 is 9.84 Å². The van der Waals surface area contributed by atoms with Crippen LogP contribution in [-0.4, -0.2) is 67.8 Å². The third-order valence-electron chi connectivity index (χ3n) is 8.14. The molecular formula is C28H28ClN9O3S. The summed E-state index contributed by atoms with van der Waals surface area (Å²) in [6.07, 6.45) is 8.35. The van der Waals surface area contributed by atoms with E-state index in [1.54, 1.807) is 12.4 Å². The van der Waals surface area contributed by atoms with Gasteiger partial charge in [0.25, 0.3) is 0 Å². The third kappa shape index (κ3) is 4.58. The number of hydrogen-bond acceptors (Lipinski definition) is 10. The molecule has 2 saturated heterocycles. The van der Waals surface area contributed by atoms with Gasteiger partial charge in [0.05, 0.1) is 17.6 Å². The molecule has 0 amide bonds. The zero-order valence-electron chi connectivity index (χ0n) is 22.6. The van der Waals surface area contributed by atoms with Crippen LogP contribution in [0.15, 0.2) is 59.8 Å². The second-order valence-electron chi connectivity index (χ2n) is 10.7. The summed E-state index contributed by atoms with van der Waals surface area (Å²) in [7, 11) is -3.72. The molecule has 3 N–H and O–H groups in total. The summed E-state index contributed by atoms with van der Waals surface area (Å²) < 4.78 is 27.5. The topological polar surface area (TPSA) is 165 Å². The number of rotatable bonds is 6. The normalized spacial score (nSPS) is 20.0. The Labute approximate surface area is 247 Å². The molecule has 0 aliphatic carbocycles. The van der Waals surface area contributed by atoms with Crippen LogP contribution in [0.5, 0.6) is 0 Å². The van der Waals surface area contributed by atoms with E-state index in [9.17, 15) is 13.2 Å². The Bertz CT molecular complexity index is 1880. The van der Waals surface area contributed by atoms with Gasteiger partial charge in [-0.05, 0) is 31.7 Å². The number of halogens is 1. The van der Waals surface area contributed by atoms with Crippen molar-refractivity contribution in [3.63, 3.8) is 0 Å². The zero-order valence-corrected chi connectivity index (χ0v) is 24.2. The molecule has 7 rings (SSSR count). The van der Waals surface area contributed by atoms with Crippen molar-refractivity contribution in [3.05, 3.63) is 66.4 Å². The Hall–Kier alpha value is -4.36. The van der Waals surface area contributed by atoms with Crippen molar-refractivity contribution in [3.8, 4) is 22.4 Å². The summed E-state index contributed by atoms with van der Waals surface area (Å²) in [6, 6.07) is 14.0. The lowest BCUT2D eigenvalue weighted by atomic mass is 9.88. The van der Waals surface area contributed by atoms with E-state index >= 15 is 0 Å². The van der Waals surface area contributed by atoms with Gasteiger partial charge in [0.15, 0.2) is 21.8 Å². The molecule has 0 radical (unpaired) electrons. The van der Waals surface area contributed by atoms with Gasteiger partial charge in [0.2, 0.25) is 11.8 Å². The monoisotopic (exact) mass is 605 g/mol. The predicted molar refractivity (Wildman–Crippen MR) is 159 cm³/mol. The van der Waals surface area contributed by atoms with Crippen molar-refractivity contribution in [2.45, 2.75) is 48.6 Å². The molecule has 2 fully saturated rings. The number of nitrogens with one attached hydrogen (secondary N) is 1. The van der Waals surface area contributed by atoms with Crippen molar-refractivity contribution >= 4 is 45.9 Å². The highest BCUT2D eigenvalue weighted by atomic mass is 35.5. The average Bonchev–Trinajstić information content (AvgIpc) is 3.68. The molecular weight excluding hydrogens is 578 g/mol. The quantitative estimate of drug-likeness (QED) is 0.272. The fraction of sp³-hybridized carbons (Fsp3) is 0.286. The van der Waals surface area contributed by atoms with E-state index in [1.807, 2.05) is 42.5 Å². The highest BCUT2D eigenvalue weighted by molar-refractivity contribution is 7.91. The number of carbonyl (C=O) groups excluding carboxylic acids is 1. The van der Waals surface area contributed by atoms with Gasteiger partial charge in [-0.25, -0.2) is 18.5 Å². The Balaban J connectivity index is 0.00000316. The Morgan fingerprint density at radius 2 is 1.74 bits per heavy atom. The van der Waals surface area contributed by atoms with Crippen LogP contribution in [0.2, 0.25) is 0 Å². The largest absolute Gasteiger partial charge is 0.382 e. The first kappa shape index (κ1) is 27.8. The average molecular weight is 606 g/mol. The SMILES string of the molecule is CS(=O)(=O)c1c([C@H]2C[C@H]3CC[C@@H](C2)N3c2nc(C=O)n[nH]2)nc2c(-c3ccc(-c4ccccc4)nc3)cnn2c1N.Cl. The van der Waals surface area contributed by atoms with E-state index in [0.717, 1.165) is 35.9 Å². The van der Waals surface area contributed by atoms with Crippen LogP contribution < -0.4 is 10.6 Å². The van der Waals surface area contributed by atoms with Crippen LogP contribution in [0.25, 0.3) is 28.0 Å². The summed E-state index contributed by atoms with van der Waals surface area (Å²) in [6.45, 7) is 0. The molecule has 0 saturated carbocycles. The molecule has 4 aromatic heterocycles. The van der Waals surface area contributed by atoms with E-state index in [4.69, 9.17) is 10.7 Å². The minimum Gasteiger partial charge on any atom is -0.382 e. The number of nitrogen functional groups attached to an aromatic ring is 1. The third-order valence-corrected chi connectivity index (χ3v) is 9.30. The maximum absolute atomic E-state index is 13.1. The van der Waals surface area contributed by atoms with Gasteiger partial charge in [0.1, 0.15) is 10.7 Å². The lowest BCUT2D eigenvalue weighted by Crippen LogP contribution is -2.43. The number of pyridine rings is 1. The zero-order chi connectivity index (χ0) is 28.3. The fourth-order valence-corrected chi connectivity index (χ4v) is 7.45. The second kappa shape index (κ2) is 10.5. The number of hydrogen-bond donors (Lipinski definition) is 2. The Kier molecular flexibility index (Phi) is 6.93. The minimum atomic E-state index is -3.72. The summed E-state index contributed by atoms with van der Waals surface area (Å²) in [4.78, 5) is 27.2. The van der Waals surface area contributed by atoms with Gasteiger partial charge in [-0.2, -0.15) is 14.6 Å². The van der Waals surface area contributed by atoms with Gasteiger partial charge < -0.3 is 10.6 Å². The van der Waals surface area contributed by atoms with Crippen LogP contribution in [-0.2, 0) is 9.84 Å². The molecule has 0 spiro atoms. The Morgan fingerprint density at radius 1 is 1.00 bits per heavy atom. The molecule has 12 nitrogen and oxygen atoms in total. The first-order valence-electron chi connectivity index (χ1n) is 13.4. The molecule has 0 unspecified atom stereocenters. The number of piperidine rings is 1. The molecule has 42 heavy (non-hydrogen) atoms. The standard InChI is InChI=1S/C28H27N9O3S.ClH/c1-41(39,40)25-24(18-11-19-8-9-20(12-18)36(19)28-32-23(15-38)34-35-28)33-27-21(14-31-37(27)26(25)29)17-7-10-22(30-13-17)16-5-3-2-4-6-16;/h2-7,10,13-15,18-20H,8-9,11-12,29H2,1H3,(H,32,34,35);1H/t18-,19+,20-;. The number of nitrogens with zero attached hydrogens (tertiary/aromatic N) is 7. The van der Waals surface area contributed by atoms with E-state index in [0.29, 0.717) is 42.0 Å². The molecule has 14 heteroatoms. The van der Waals surface area contributed by atoms with Crippen molar-refractivity contribution in [2.75, 3.05) is 16.9 Å². The molecule has 6 heterocycles. The number of sulfone groups is 1. The molecule has 3 atom stereocenters. The number of benzene rings is 1. The first-order valence-corrected chi connectivity index (χ1v) is 15.3. The number of nitrogens with two attached hydrogens (primary N) is 1. The highest BCUT2D eigenvalue weighted by Gasteiger charge is 2.44. The van der Waals surface area contributed by atoms with E-state index in [-0.39, 0.29) is 46.9 Å². The van der Waals surface area contributed by atoms with E-state index in [1.165, 1.54) is 4.52 Å². The van der Waals surface area contributed by atoms with Gasteiger partial charge in [-0.3, -0.25) is 9.78 Å². The maximum Gasteiger partial charge on any atom is 0.222 e. The number of fused-ring (bicyclic) bond motifs is 3. The smallest absolute Gasteiger partial charge is 0.222 e. The molecule has 5 aromatic rings. The fourth-order valence-electron chi connectivity index (χ4n) is 6.39. The van der Waals surface area contributed by atoms with Crippen LogP contribution in [0.1, 0.15) is 47.9 Å². The van der Waals surface area contributed by atoms with Crippen LogP contribution >= 0.6 is 12.4 Å². The van der Waals surface area contributed by atoms with Gasteiger partial charge in [-0.1, -0.05) is 36.4 Å². The molecule has 2 bridgehead atoms. The minimum absolute atomic E-state index is 0. The molecule has 1 aromatic carbocycles. The number of H-pyrrole nitrogens is 1. The number of anilines is 2. The van der Waals surface area contributed by atoms with Crippen molar-refractivity contribution in [2.24, 2.45) is 0 Å². The van der Waals surface area contributed by atoms with Crippen molar-refractivity contribution < 1.29 is 13.2 Å². The highest BCUT2D eigenvalue weighted by Crippen LogP contribution is 2.46. The molecule has 2 aliphatic heterocycles. The number of aldehydes is 1. The maximum atomic E-state index is 13.1. The van der Waals surface area contributed by atoms with Crippen LogP contribution in [0.4, 0.5) is 11.8 Å². The van der Waals surface area contributed by atoms with E-state index in [2.05, 4.69) is 30.2 Å².